The molecule has 1 heterocycles. The van der Waals surface area contributed by atoms with E-state index in [1.165, 1.54) is 11.1 Å². The number of rotatable bonds is 2. The molecule has 0 radical (unpaired) electrons. The minimum atomic E-state index is -0.0189. The Bertz CT molecular complexity index is 538. The van der Waals surface area contributed by atoms with Crippen LogP contribution in [0.1, 0.15) is 36.4 Å². The topological polar surface area (TPSA) is 46.3 Å². The van der Waals surface area contributed by atoms with E-state index < -0.39 is 0 Å². The summed E-state index contributed by atoms with van der Waals surface area (Å²) < 4.78 is 0. The second-order valence-electron chi connectivity index (χ2n) is 5.94. The average molecular weight is 270 g/mol. The third kappa shape index (κ3) is 2.38. The Balaban J connectivity index is 1.81. The zero-order valence-corrected chi connectivity index (χ0v) is 12.0. The van der Waals surface area contributed by atoms with Crippen molar-refractivity contribution in [1.29, 1.82) is 0 Å². The van der Waals surface area contributed by atoms with Gasteiger partial charge in [0.15, 0.2) is 0 Å². The number of aryl methyl sites for hydroxylation is 1. The van der Waals surface area contributed by atoms with Crippen LogP contribution in [0.5, 0.6) is 0 Å². The Labute approximate surface area is 120 Å². The number of likely N-dealkylation sites (tertiary alicyclic amines) is 1. The molecule has 106 valence electrons. The van der Waals surface area contributed by atoms with Gasteiger partial charge in [-0.1, -0.05) is 36.4 Å². The molecule has 1 fully saturated rings. The van der Waals surface area contributed by atoms with Gasteiger partial charge in [0, 0.05) is 12.6 Å². The van der Waals surface area contributed by atoms with Gasteiger partial charge < -0.3 is 10.6 Å². The normalized spacial score (nSPS) is 29.1. The molecule has 1 aromatic carbocycles. The lowest BCUT2D eigenvalue weighted by Crippen LogP contribution is -2.35. The molecule has 3 nitrogen and oxygen atoms in total. The third-order valence-corrected chi connectivity index (χ3v) is 4.52. The van der Waals surface area contributed by atoms with E-state index in [0.717, 1.165) is 25.8 Å². The number of nitrogens with zero attached hydrogens (tertiary/aromatic N) is 1. The molecular formula is C17H22N2O. The molecule has 3 atom stereocenters. The van der Waals surface area contributed by atoms with E-state index in [2.05, 4.69) is 36.1 Å². The second-order valence-corrected chi connectivity index (χ2v) is 5.94. The molecule has 3 unspecified atom stereocenters. The van der Waals surface area contributed by atoms with Crippen molar-refractivity contribution < 1.29 is 4.79 Å². The van der Waals surface area contributed by atoms with Crippen LogP contribution in [0.25, 0.3) is 0 Å². The summed E-state index contributed by atoms with van der Waals surface area (Å²) >= 11 is 0. The largest absolute Gasteiger partial charge is 0.335 e. The van der Waals surface area contributed by atoms with Gasteiger partial charge in [-0.05, 0) is 37.3 Å². The molecule has 3 heteroatoms. The van der Waals surface area contributed by atoms with Crippen molar-refractivity contribution in [1.82, 2.24) is 4.90 Å². The molecule has 1 aromatic rings. The minimum Gasteiger partial charge on any atom is -0.335 e. The van der Waals surface area contributed by atoms with E-state index in [9.17, 15) is 4.79 Å². The molecular weight excluding hydrogens is 248 g/mol. The van der Waals surface area contributed by atoms with E-state index in [1.807, 2.05) is 12.2 Å². The van der Waals surface area contributed by atoms with Gasteiger partial charge in [-0.25, -0.2) is 0 Å². The third-order valence-electron chi connectivity index (χ3n) is 4.52. The number of hydrogen-bond acceptors (Lipinski definition) is 2. The first kappa shape index (κ1) is 13.4. The summed E-state index contributed by atoms with van der Waals surface area (Å²) in [5.74, 6) is 0.231. The van der Waals surface area contributed by atoms with Crippen LogP contribution in [0.3, 0.4) is 0 Å². The van der Waals surface area contributed by atoms with Crippen molar-refractivity contribution in [3.05, 3.63) is 47.5 Å². The fraction of sp³-hybridized carbons (Fsp3) is 0.471. The Morgan fingerprint density at radius 3 is 2.80 bits per heavy atom. The standard InChI is InChI=1S/C17H22N2O/c1-12-5-2-3-6-15(12)16-7-4-10-19(16)17(20)13-8-9-14(18)11-13/h2-3,5-6,8-9,13-14,16H,4,7,10-11,18H2,1H3. The summed E-state index contributed by atoms with van der Waals surface area (Å²) in [4.78, 5) is 14.8. The second kappa shape index (κ2) is 5.41. The van der Waals surface area contributed by atoms with E-state index >= 15 is 0 Å². The minimum absolute atomic E-state index is 0.0189. The van der Waals surface area contributed by atoms with E-state index in [0.29, 0.717) is 0 Å². The maximum absolute atomic E-state index is 12.7. The molecule has 1 amide bonds. The van der Waals surface area contributed by atoms with Crippen molar-refractivity contribution in [3.63, 3.8) is 0 Å². The van der Waals surface area contributed by atoms with Crippen LogP contribution in [0.2, 0.25) is 0 Å². The number of carbonyl (C=O) groups is 1. The number of amides is 1. The maximum atomic E-state index is 12.7. The highest BCUT2D eigenvalue weighted by atomic mass is 16.2. The molecule has 2 aliphatic rings. The molecule has 0 bridgehead atoms. The van der Waals surface area contributed by atoms with Crippen LogP contribution in [0, 0.1) is 12.8 Å². The highest BCUT2D eigenvalue weighted by Crippen LogP contribution is 2.35. The van der Waals surface area contributed by atoms with Gasteiger partial charge in [0.1, 0.15) is 0 Å². The summed E-state index contributed by atoms with van der Waals surface area (Å²) in [7, 11) is 0. The molecule has 0 aromatic heterocycles. The van der Waals surface area contributed by atoms with Crippen LogP contribution >= 0.6 is 0 Å². The molecule has 1 aliphatic heterocycles. The Kier molecular flexibility index (Phi) is 3.62. The van der Waals surface area contributed by atoms with Crippen molar-refractivity contribution in [3.8, 4) is 0 Å². The summed E-state index contributed by atoms with van der Waals surface area (Å²) in [6.45, 7) is 3.00. The smallest absolute Gasteiger partial charge is 0.230 e. The van der Waals surface area contributed by atoms with Gasteiger partial charge in [0.25, 0.3) is 0 Å². The fourth-order valence-corrected chi connectivity index (χ4v) is 3.44. The molecule has 3 rings (SSSR count). The Hall–Kier alpha value is -1.61. The van der Waals surface area contributed by atoms with Crippen LogP contribution in [0.15, 0.2) is 36.4 Å². The Morgan fingerprint density at radius 2 is 2.10 bits per heavy atom. The summed E-state index contributed by atoms with van der Waals surface area (Å²) in [6.07, 6.45) is 6.86. The SMILES string of the molecule is Cc1ccccc1C1CCCN1C(=O)C1C=CC(N)C1. The summed E-state index contributed by atoms with van der Waals surface area (Å²) in [5.41, 5.74) is 8.44. The van der Waals surface area contributed by atoms with Gasteiger partial charge in [0.05, 0.1) is 12.0 Å². The molecule has 20 heavy (non-hydrogen) atoms. The fourth-order valence-electron chi connectivity index (χ4n) is 3.44. The number of carbonyl (C=O) groups excluding carboxylic acids is 1. The molecule has 0 spiro atoms. The monoisotopic (exact) mass is 270 g/mol. The van der Waals surface area contributed by atoms with Crippen molar-refractivity contribution in [2.24, 2.45) is 11.7 Å². The summed E-state index contributed by atoms with van der Waals surface area (Å²) in [6, 6.07) is 8.69. The predicted molar refractivity (Wildman–Crippen MR) is 80.1 cm³/mol. The van der Waals surface area contributed by atoms with Gasteiger partial charge in [-0.2, -0.15) is 0 Å². The molecule has 2 N–H and O–H groups in total. The van der Waals surface area contributed by atoms with Gasteiger partial charge in [0.2, 0.25) is 5.91 Å². The van der Waals surface area contributed by atoms with Gasteiger partial charge >= 0.3 is 0 Å². The Morgan fingerprint density at radius 1 is 1.30 bits per heavy atom. The molecule has 0 saturated carbocycles. The van der Waals surface area contributed by atoms with E-state index in [1.54, 1.807) is 0 Å². The number of benzene rings is 1. The molecule has 1 aliphatic carbocycles. The van der Waals surface area contributed by atoms with Gasteiger partial charge in [-0.3, -0.25) is 4.79 Å². The average Bonchev–Trinajstić information content (AvgIpc) is 3.07. The first-order valence-corrected chi connectivity index (χ1v) is 7.46. The van der Waals surface area contributed by atoms with E-state index in [4.69, 9.17) is 5.73 Å². The van der Waals surface area contributed by atoms with Crippen LogP contribution in [-0.2, 0) is 4.79 Å². The van der Waals surface area contributed by atoms with Crippen LogP contribution in [-0.4, -0.2) is 23.4 Å². The summed E-state index contributed by atoms with van der Waals surface area (Å²) in [5, 5.41) is 0. The quantitative estimate of drug-likeness (QED) is 0.840. The first-order valence-electron chi connectivity index (χ1n) is 7.46. The first-order chi connectivity index (χ1) is 9.66. The highest BCUT2D eigenvalue weighted by molar-refractivity contribution is 5.82. The number of hydrogen-bond donors (Lipinski definition) is 1. The van der Waals surface area contributed by atoms with Gasteiger partial charge in [-0.15, -0.1) is 0 Å². The van der Waals surface area contributed by atoms with Crippen LogP contribution in [0.4, 0.5) is 0 Å². The molecule has 1 saturated heterocycles. The van der Waals surface area contributed by atoms with Crippen molar-refractivity contribution in [2.75, 3.05) is 6.54 Å². The van der Waals surface area contributed by atoms with Crippen molar-refractivity contribution >= 4 is 5.91 Å². The predicted octanol–water partition coefficient (Wildman–Crippen LogP) is 2.56. The number of nitrogens with two attached hydrogens (primary N) is 1. The van der Waals surface area contributed by atoms with Crippen molar-refractivity contribution in [2.45, 2.75) is 38.3 Å². The zero-order chi connectivity index (χ0) is 14.1. The lowest BCUT2D eigenvalue weighted by Gasteiger charge is -2.28. The lowest BCUT2D eigenvalue weighted by atomic mass is 9.98. The van der Waals surface area contributed by atoms with Crippen LogP contribution < -0.4 is 5.73 Å². The lowest BCUT2D eigenvalue weighted by molar-refractivity contribution is -0.135. The van der Waals surface area contributed by atoms with E-state index in [-0.39, 0.29) is 23.9 Å². The highest BCUT2D eigenvalue weighted by Gasteiger charge is 2.35. The zero-order valence-electron chi connectivity index (χ0n) is 12.0. The maximum Gasteiger partial charge on any atom is 0.230 e.